The summed E-state index contributed by atoms with van der Waals surface area (Å²) in [4.78, 5) is 19.1. The van der Waals surface area contributed by atoms with E-state index in [4.69, 9.17) is 0 Å². The number of nitrogens with zero attached hydrogens (tertiary/aromatic N) is 2. The van der Waals surface area contributed by atoms with Gasteiger partial charge in [-0.05, 0) is 12.5 Å². The molecule has 2 rings (SSSR count). The minimum Gasteiger partial charge on any atom is -0.291 e. The molecule has 0 atom stereocenters. The Morgan fingerprint density at radius 2 is 1.81 bits per heavy atom. The number of carbonyl (C=O) groups is 1. The summed E-state index contributed by atoms with van der Waals surface area (Å²) >= 11 is 0. The Hall–Kier alpha value is -2.03. The molecule has 16 heavy (non-hydrogen) atoms. The van der Waals surface area contributed by atoms with Gasteiger partial charge < -0.3 is 0 Å². The number of hydrogen-bond donors (Lipinski definition) is 0. The zero-order chi connectivity index (χ0) is 11.5. The van der Waals surface area contributed by atoms with Gasteiger partial charge >= 0.3 is 0 Å². The highest BCUT2D eigenvalue weighted by atomic mass is 16.1. The molecule has 3 heteroatoms. The van der Waals surface area contributed by atoms with E-state index in [1.165, 1.54) is 12.5 Å². The van der Waals surface area contributed by atoms with Gasteiger partial charge in [-0.1, -0.05) is 29.8 Å². The lowest BCUT2D eigenvalue weighted by Crippen LogP contribution is -2.00. The van der Waals surface area contributed by atoms with Crippen molar-refractivity contribution in [2.24, 2.45) is 0 Å². The first-order valence-electron chi connectivity index (χ1n) is 5.07. The number of ketones is 1. The second kappa shape index (κ2) is 4.23. The minimum atomic E-state index is -0.115. The molecule has 3 nitrogen and oxygen atoms in total. The highest BCUT2D eigenvalue weighted by molar-refractivity contribution is 5.90. The van der Waals surface area contributed by atoms with Crippen molar-refractivity contribution in [1.29, 1.82) is 0 Å². The summed E-state index contributed by atoms with van der Waals surface area (Å²) < 4.78 is 0. The average molecular weight is 212 g/mol. The summed E-state index contributed by atoms with van der Waals surface area (Å²) in [6.07, 6.45) is 3.36. The van der Waals surface area contributed by atoms with Gasteiger partial charge in [0.25, 0.3) is 0 Å². The molecular weight excluding hydrogens is 200 g/mol. The van der Waals surface area contributed by atoms with E-state index in [2.05, 4.69) is 16.0 Å². The maximum Gasteiger partial charge on any atom is 0.196 e. The van der Waals surface area contributed by atoms with E-state index in [1.54, 1.807) is 12.4 Å². The van der Waals surface area contributed by atoms with Crippen molar-refractivity contribution in [2.45, 2.75) is 13.8 Å². The number of Topliss-reactive ketones (excluding diaryl/α,β-unsaturated/α-hetero) is 1. The second-order valence-corrected chi connectivity index (χ2v) is 3.72. The SMILES string of the molecule is CC(=O)c1ncc(-c2cccc(C)c2)cn1. The number of hydrogen-bond acceptors (Lipinski definition) is 3. The van der Waals surface area contributed by atoms with E-state index >= 15 is 0 Å². The number of rotatable bonds is 2. The largest absolute Gasteiger partial charge is 0.291 e. The van der Waals surface area contributed by atoms with Crippen LogP contribution in [0.1, 0.15) is 23.1 Å². The Morgan fingerprint density at radius 1 is 1.12 bits per heavy atom. The molecule has 0 saturated heterocycles. The standard InChI is InChI=1S/C13H12N2O/c1-9-4-3-5-11(6-9)12-7-14-13(10(2)16)15-8-12/h3-8H,1-2H3. The summed E-state index contributed by atoms with van der Waals surface area (Å²) in [5.41, 5.74) is 3.18. The first-order chi connectivity index (χ1) is 7.66. The third-order valence-electron chi connectivity index (χ3n) is 2.32. The molecule has 0 amide bonds. The molecule has 0 fully saturated rings. The Kier molecular flexibility index (Phi) is 2.77. The van der Waals surface area contributed by atoms with Crippen molar-refractivity contribution in [3.05, 3.63) is 48.0 Å². The number of carbonyl (C=O) groups excluding carboxylic acids is 1. The molecule has 0 N–H and O–H groups in total. The first-order valence-corrected chi connectivity index (χ1v) is 5.07. The summed E-state index contributed by atoms with van der Waals surface area (Å²) in [7, 11) is 0. The van der Waals surface area contributed by atoms with Crippen LogP contribution in [0.5, 0.6) is 0 Å². The fourth-order valence-corrected chi connectivity index (χ4v) is 1.48. The molecule has 1 aromatic heterocycles. The van der Waals surface area contributed by atoms with Crippen molar-refractivity contribution in [1.82, 2.24) is 9.97 Å². The van der Waals surface area contributed by atoms with E-state index < -0.39 is 0 Å². The summed E-state index contributed by atoms with van der Waals surface area (Å²) in [5.74, 6) is 0.146. The number of aromatic nitrogens is 2. The molecule has 1 aromatic carbocycles. The monoisotopic (exact) mass is 212 g/mol. The van der Waals surface area contributed by atoms with Gasteiger partial charge in [-0.3, -0.25) is 4.79 Å². The fourth-order valence-electron chi connectivity index (χ4n) is 1.48. The van der Waals surface area contributed by atoms with Crippen LogP contribution in [0.25, 0.3) is 11.1 Å². The Labute approximate surface area is 94.2 Å². The topological polar surface area (TPSA) is 42.9 Å². The van der Waals surface area contributed by atoms with Gasteiger partial charge in [0, 0.05) is 24.9 Å². The van der Waals surface area contributed by atoms with Gasteiger partial charge in [-0.25, -0.2) is 9.97 Å². The average Bonchev–Trinajstić information content (AvgIpc) is 2.29. The minimum absolute atomic E-state index is 0.115. The summed E-state index contributed by atoms with van der Waals surface area (Å²) in [6.45, 7) is 3.50. The van der Waals surface area contributed by atoms with E-state index in [1.807, 2.05) is 25.1 Å². The van der Waals surface area contributed by atoms with Crippen LogP contribution in [-0.2, 0) is 0 Å². The normalized spacial score (nSPS) is 10.1. The fraction of sp³-hybridized carbons (Fsp3) is 0.154. The third-order valence-corrected chi connectivity index (χ3v) is 2.32. The lowest BCUT2D eigenvalue weighted by Gasteiger charge is -2.02. The molecule has 0 saturated carbocycles. The van der Waals surface area contributed by atoms with E-state index in [0.717, 1.165) is 11.1 Å². The van der Waals surface area contributed by atoms with Crippen LogP contribution >= 0.6 is 0 Å². The highest BCUT2D eigenvalue weighted by Gasteiger charge is 2.03. The van der Waals surface area contributed by atoms with Crippen molar-refractivity contribution in [2.75, 3.05) is 0 Å². The van der Waals surface area contributed by atoms with Crippen molar-refractivity contribution in [3.8, 4) is 11.1 Å². The van der Waals surface area contributed by atoms with Gasteiger partial charge in [-0.2, -0.15) is 0 Å². The van der Waals surface area contributed by atoms with Gasteiger partial charge in [0.2, 0.25) is 0 Å². The third kappa shape index (κ3) is 2.14. The predicted molar refractivity (Wildman–Crippen MR) is 62.2 cm³/mol. The number of benzene rings is 1. The smallest absolute Gasteiger partial charge is 0.196 e. The van der Waals surface area contributed by atoms with Crippen molar-refractivity contribution >= 4 is 5.78 Å². The zero-order valence-corrected chi connectivity index (χ0v) is 9.27. The Balaban J connectivity index is 2.38. The molecule has 2 aromatic rings. The van der Waals surface area contributed by atoms with Crippen LogP contribution in [0, 0.1) is 6.92 Å². The number of aryl methyl sites for hydroxylation is 1. The maximum atomic E-state index is 11.0. The van der Waals surface area contributed by atoms with E-state index in [0.29, 0.717) is 0 Å². The Morgan fingerprint density at radius 3 is 2.38 bits per heavy atom. The molecule has 0 aliphatic rings. The molecule has 0 aliphatic heterocycles. The molecule has 1 heterocycles. The van der Waals surface area contributed by atoms with Crippen LogP contribution in [-0.4, -0.2) is 15.8 Å². The van der Waals surface area contributed by atoms with Crippen molar-refractivity contribution in [3.63, 3.8) is 0 Å². The van der Waals surface area contributed by atoms with E-state index in [9.17, 15) is 4.79 Å². The lowest BCUT2D eigenvalue weighted by atomic mass is 10.1. The summed E-state index contributed by atoms with van der Waals surface area (Å²) in [5, 5.41) is 0. The predicted octanol–water partition coefficient (Wildman–Crippen LogP) is 2.65. The van der Waals surface area contributed by atoms with Gasteiger partial charge in [0.05, 0.1) is 0 Å². The van der Waals surface area contributed by atoms with Crippen LogP contribution in [0.3, 0.4) is 0 Å². The van der Waals surface area contributed by atoms with Crippen molar-refractivity contribution < 1.29 is 4.79 Å². The molecule has 80 valence electrons. The molecular formula is C13H12N2O. The lowest BCUT2D eigenvalue weighted by molar-refractivity contribution is 0.100. The van der Waals surface area contributed by atoms with Crippen LogP contribution in [0.2, 0.25) is 0 Å². The molecule has 0 unspecified atom stereocenters. The van der Waals surface area contributed by atoms with E-state index in [-0.39, 0.29) is 11.6 Å². The van der Waals surface area contributed by atoms with Gasteiger partial charge in [0.1, 0.15) is 0 Å². The van der Waals surface area contributed by atoms with Gasteiger partial charge in [-0.15, -0.1) is 0 Å². The van der Waals surface area contributed by atoms with Gasteiger partial charge in [0.15, 0.2) is 11.6 Å². The maximum absolute atomic E-state index is 11.0. The molecule has 0 spiro atoms. The summed E-state index contributed by atoms with van der Waals surface area (Å²) in [6, 6.07) is 8.09. The highest BCUT2D eigenvalue weighted by Crippen LogP contribution is 2.18. The van der Waals surface area contributed by atoms with Crippen LogP contribution in [0.4, 0.5) is 0 Å². The first kappa shape index (κ1) is 10.5. The van der Waals surface area contributed by atoms with Crippen LogP contribution in [0.15, 0.2) is 36.7 Å². The molecule has 0 aliphatic carbocycles. The molecule has 0 bridgehead atoms. The zero-order valence-electron chi connectivity index (χ0n) is 9.27. The molecule has 0 radical (unpaired) electrons. The Bertz CT molecular complexity index is 518. The van der Waals surface area contributed by atoms with Crippen LogP contribution < -0.4 is 0 Å². The second-order valence-electron chi connectivity index (χ2n) is 3.72. The quantitative estimate of drug-likeness (QED) is 0.719.